The smallest absolute Gasteiger partial charge is 0.253 e. The van der Waals surface area contributed by atoms with E-state index < -0.39 is 0 Å². The molecule has 1 saturated heterocycles. The van der Waals surface area contributed by atoms with Crippen molar-refractivity contribution in [2.45, 2.75) is 32.1 Å². The highest BCUT2D eigenvalue weighted by molar-refractivity contribution is 6.12. The van der Waals surface area contributed by atoms with Crippen LogP contribution in [0.4, 0.5) is 0 Å². The molecule has 1 N–H and O–H groups in total. The molecule has 2 unspecified atom stereocenters. The van der Waals surface area contributed by atoms with Crippen LogP contribution < -0.4 is 5.43 Å². The van der Waals surface area contributed by atoms with Gasteiger partial charge in [-0.3, -0.25) is 34.3 Å². The SMILES string of the molecule is O=C(NN1C(=O)CCC1=O)C1[CH]CC(CN2C(=O)C=CC2=O)CC1. The van der Waals surface area contributed by atoms with Gasteiger partial charge in [0.15, 0.2) is 0 Å². The zero-order valence-corrected chi connectivity index (χ0v) is 13.1. The summed E-state index contributed by atoms with van der Waals surface area (Å²) in [5.41, 5.74) is 2.39. The fraction of sp³-hybridized carbons (Fsp3) is 0.500. The summed E-state index contributed by atoms with van der Waals surface area (Å²) in [6.07, 6.45) is 6.43. The zero-order valence-electron chi connectivity index (χ0n) is 13.1. The average molecular weight is 332 g/mol. The molecule has 0 bridgehead atoms. The predicted molar refractivity (Wildman–Crippen MR) is 80.2 cm³/mol. The molecule has 2 fully saturated rings. The molecule has 3 aliphatic rings. The minimum absolute atomic E-state index is 0.122. The van der Waals surface area contributed by atoms with Gasteiger partial charge in [0.2, 0.25) is 17.7 Å². The van der Waals surface area contributed by atoms with Crippen LogP contribution in [0.3, 0.4) is 0 Å². The second-order valence-corrected chi connectivity index (χ2v) is 6.24. The Labute approximate surface area is 138 Å². The van der Waals surface area contributed by atoms with E-state index >= 15 is 0 Å². The van der Waals surface area contributed by atoms with Gasteiger partial charge in [-0.25, -0.2) is 0 Å². The lowest BCUT2D eigenvalue weighted by molar-refractivity contribution is -0.149. The summed E-state index contributed by atoms with van der Waals surface area (Å²) < 4.78 is 0. The molecule has 5 amide bonds. The van der Waals surface area contributed by atoms with Crippen molar-refractivity contribution in [3.05, 3.63) is 18.6 Å². The Balaban J connectivity index is 1.47. The fourth-order valence-electron chi connectivity index (χ4n) is 3.18. The van der Waals surface area contributed by atoms with Crippen LogP contribution >= 0.6 is 0 Å². The van der Waals surface area contributed by atoms with E-state index in [2.05, 4.69) is 5.43 Å². The van der Waals surface area contributed by atoms with Gasteiger partial charge in [-0.15, -0.1) is 0 Å². The average Bonchev–Trinajstić information content (AvgIpc) is 3.05. The number of hydrogen-bond donors (Lipinski definition) is 1. The second-order valence-electron chi connectivity index (χ2n) is 6.24. The van der Waals surface area contributed by atoms with Gasteiger partial charge < -0.3 is 0 Å². The van der Waals surface area contributed by atoms with E-state index in [0.717, 1.165) is 5.01 Å². The Hall–Kier alpha value is -2.51. The van der Waals surface area contributed by atoms with Gasteiger partial charge in [0.1, 0.15) is 0 Å². The molecule has 8 heteroatoms. The molecule has 2 aliphatic heterocycles. The molecule has 127 valence electrons. The summed E-state index contributed by atoms with van der Waals surface area (Å²) in [6.45, 7) is 0.346. The lowest BCUT2D eigenvalue weighted by atomic mass is 9.81. The molecule has 0 spiro atoms. The van der Waals surface area contributed by atoms with Crippen LogP contribution in [0, 0.1) is 18.3 Å². The molecule has 1 aliphatic carbocycles. The Morgan fingerprint density at radius 1 is 1.04 bits per heavy atom. The highest BCUT2D eigenvalue weighted by atomic mass is 16.2. The van der Waals surface area contributed by atoms with Crippen molar-refractivity contribution in [1.29, 1.82) is 0 Å². The predicted octanol–water partition coefficient (Wildman–Crippen LogP) is -0.288. The maximum absolute atomic E-state index is 12.2. The van der Waals surface area contributed by atoms with Crippen LogP contribution in [0.5, 0.6) is 0 Å². The molecule has 1 saturated carbocycles. The summed E-state index contributed by atoms with van der Waals surface area (Å²) >= 11 is 0. The van der Waals surface area contributed by atoms with E-state index in [9.17, 15) is 24.0 Å². The first kappa shape index (κ1) is 16.4. The Bertz CT molecular complexity index is 600. The molecular formula is C16H18N3O5. The molecule has 8 nitrogen and oxygen atoms in total. The maximum Gasteiger partial charge on any atom is 0.253 e. The summed E-state index contributed by atoms with van der Waals surface area (Å²) in [6, 6.07) is 0. The number of hydrogen-bond acceptors (Lipinski definition) is 5. The lowest BCUT2D eigenvalue weighted by Gasteiger charge is -2.30. The van der Waals surface area contributed by atoms with Gasteiger partial charge in [0, 0.05) is 37.5 Å². The number of imide groups is 2. The van der Waals surface area contributed by atoms with E-state index in [-0.39, 0.29) is 54.2 Å². The Morgan fingerprint density at radius 3 is 2.21 bits per heavy atom. The minimum atomic E-state index is -0.388. The van der Waals surface area contributed by atoms with Crippen molar-refractivity contribution < 1.29 is 24.0 Å². The summed E-state index contributed by atoms with van der Waals surface area (Å²) in [7, 11) is 0. The number of amides is 5. The first-order chi connectivity index (χ1) is 11.5. The molecule has 1 radical (unpaired) electrons. The van der Waals surface area contributed by atoms with Gasteiger partial charge >= 0.3 is 0 Å². The topological polar surface area (TPSA) is 104 Å². The largest absolute Gasteiger partial charge is 0.275 e. The van der Waals surface area contributed by atoms with Crippen LogP contribution in [0.2, 0.25) is 0 Å². The second kappa shape index (κ2) is 6.54. The molecule has 0 aromatic heterocycles. The Morgan fingerprint density at radius 2 is 1.67 bits per heavy atom. The van der Waals surface area contributed by atoms with Crippen LogP contribution in [0.1, 0.15) is 32.1 Å². The number of nitrogens with zero attached hydrogens (tertiary/aromatic N) is 2. The van der Waals surface area contributed by atoms with Gasteiger partial charge in [-0.05, 0) is 31.6 Å². The summed E-state index contributed by atoms with van der Waals surface area (Å²) in [5.74, 6) is -2.01. The van der Waals surface area contributed by atoms with Crippen molar-refractivity contribution >= 4 is 29.5 Å². The maximum atomic E-state index is 12.2. The van der Waals surface area contributed by atoms with Crippen molar-refractivity contribution in [2.24, 2.45) is 11.8 Å². The van der Waals surface area contributed by atoms with Gasteiger partial charge in [-0.1, -0.05) is 0 Å². The van der Waals surface area contributed by atoms with E-state index in [1.807, 2.05) is 6.42 Å². The fourth-order valence-corrected chi connectivity index (χ4v) is 3.18. The lowest BCUT2D eigenvalue weighted by Crippen LogP contribution is -2.48. The molecular weight excluding hydrogens is 314 g/mol. The normalized spacial score (nSPS) is 27.3. The molecule has 2 heterocycles. The van der Waals surface area contributed by atoms with Crippen molar-refractivity contribution in [3.8, 4) is 0 Å². The summed E-state index contributed by atoms with van der Waals surface area (Å²) in [5, 5.41) is 0.801. The highest BCUT2D eigenvalue weighted by Gasteiger charge is 2.35. The van der Waals surface area contributed by atoms with Gasteiger partial charge in [0.25, 0.3) is 11.8 Å². The van der Waals surface area contributed by atoms with Crippen LogP contribution in [-0.4, -0.2) is 46.0 Å². The number of nitrogens with one attached hydrogen (secondary N) is 1. The van der Waals surface area contributed by atoms with Crippen LogP contribution in [0.25, 0.3) is 0 Å². The van der Waals surface area contributed by atoms with E-state index in [1.165, 1.54) is 17.1 Å². The first-order valence-corrected chi connectivity index (χ1v) is 7.99. The van der Waals surface area contributed by atoms with E-state index in [0.29, 0.717) is 25.8 Å². The van der Waals surface area contributed by atoms with Crippen LogP contribution in [-0.2, 0) is 24.0 Å². The van der Waals surface area contributed by atoms with Crippen molar-refractivity contribution in [3.63, 3.8) is 0 Å². The number of carbonyl (C=O) groups excluding carboxylic acids is 5. The van der Waals surface area contributed by atoms with Gasteiger partial charge in [0.05, 0.1) is 0 Å². The zero-order chi connectivity index (χ0) is 17.3. The van der Waals surface area contributed by atoms with Crippen molar-refractivity contribution in [1.82, 2.24) is 15.3 Å². The molecule has 2 atom stereocenters. The third kappa shape index (κ3) is 3.22. The third-order valence-corrected chi connectivity index (χ3v) is 4.59. The molecule has 0 aromatic rings. The quantitative estimate of drug-likeness (QED) is 0.713. The molecule has 24 heavy (non-hydrogen) atoms. The van der Waals surface area contributed by atoms with Gasteiger partial charge in [-0.2, -0.15) is 5.01 Å². The monoisotopic (exact) mass is 332 g/mol. The molecule has 3 rings (SSSR count). The van der Waals surface area contributed by atoms with Crippen molar-refractivity contribution in [2.75, 3.05) is 6.54 Å². The third-order valence-electron chi connectivity index (χ3n) is 4.59. The molecule has 0 aromatic carbocycles. The highest BCUT2D eigenvalue weighted by Crippen LogP contribution is 2.29. The number of hydrazine groups is 1. The standard InChI is InChI=1S/C16H18N3O5/c20-12-5-6-13(21)18(12)9-10-1-3-11(4-2-10)16(24)17-19-14(22)7-8-15(19)23/h3,5-6,10-11H,1-2,4,7-9H2,(H,17,24). The number of rotatable bonds is 4. The first-order valence-electron chi connectivity index (χ1n) is 7.99. The van der Waals surface area contributed by atoms with E-state index in [4.69, 9.17) is 0 Å². The van der Waals surface area contributed by atoms with E-state index in [1.54, 1.807) is 0 Å². The van der Waals surface area contributed by atoms with Crippen LogP contribution in [0.15, 0.2) is 12.2 Å². The summed E-state index contributed by atoms with van der Waals surface area (Å²) in [4.78, 5) is 59.5. The number of carbonyl (C=O) groups is 5. The Kier molecular flexibility index (Phi) is 4.46. The minimum Gasteiger partial charge on any atom is -0.275 e.